The first kappa shape index (κ1) is 87.8. The highest BCUT2D eigenvalue weighted by molar-refractivity contribution is 7.99. The van der Waals surface area contributed by atoms with E-state index in [4.69, 9.17) is 68.8 Å². The van der Waals surface area contributed by atoms with Gasteiger partial charge in [0, 0.05) is 50.8 Å². The molecule has 578 valence electrons. The summed E-state index contributed by atoms with van der Waals surface area (Å²) in [5, 5.41) is 29.1. The second-order valence-electron chi connectivity index (χ2n) is 22.8. The molecule has 0 saturated heterocycles. The van der Waals surface area contributed by atoms with Gasteiger partial charge in [-0.15, -0.1) is 23.5 Å². The van der Waals surface area contributed by atoms with Crippen LogP contribution in [0.5, 0.6) is 0 Å². The molecule has 8 amide bonds. The lowest BCUT2D eigenvalue weighted by molar-refractivity contribution is -0.136. The number of carbonyl (C=O) groups is 9. The van der Waals surface area contributed by atoms with Crippen LogP contribution in [0.25, 0.3) is 11.1 Å². The number of hydroxylamine groups is 1. The van der Waals surface area contributed by atoms with Crippen molar-refractivity contribution >= 4 is 112 Å². The number of benzene rings is 2. The van der Waals surface area contributed by atoms with Crippen molar-refractivity contribution in [2.75, 3.05) is 57.3 Å². The molecule has 0 saturated carbocycles. The summed E-state index contributed by atoms with van der Waals surface area (Å²) in [6.45, 7) is -0.460. The number of fused-ring (bicyclic) bond motifs is 2. The van der Waals surface area contributed by atoms with Crippen molar-refractivity contribution in [2.45, 2.75) is 142 Å². The number of halogens is 8. The van der Waals surface area contributed by atoms with Gasteiger partial charge in [0.1, 0.15) is 54.1 Å². The van der Waals surface area contributed by atoms with E-state index in [9.17, 15) is 43.6 Å². The fourth-order valence-corrected chi connectivity index (χ4v) is 11.5. The number of aliphatic imine (C=N–C) groups is 6. The number of hydrogen-bond acceptors (Lipinski definition) is 19. The van der Waals surface area contributed by atoms with E-state index in [1.54, 1.807) is 0 Å². The average molecular weight is 1530 g/mol. The van der Waals surface area contributed by atoms with E-state index >= 15 is 39.9 Å². The van der Waals surface area contributed by atoms with Gasteiger partial charge < -0.3 is 117 Å². The van der Waals surface area contributed by atoms with Gasteiger partial charge in [0.05, 0.1) is 27.5 Å². The van der Waals surface area contributed by atoms with Gasteiger partial charge in [-0.25, -0.2) is 35.1 Å². The SMILES string of the molecule is CC(=O)CNC(=O)C(CCCN=C(N)N)NC(=O)C(CCCN=C(N)N)NC(=O)C(CCCN=C(N)N)NC(=O)C1CSc2c(F)c(F)c(c(F)c2F)-c2c(F)c(F)c(c(F)c2F)SCC(NO)C(=O)NC(CCCN=C(N)N)C(=O)NC(CCCN=C(N)N)C(=O)NC(CCCN=C(N)N)C(=O)N1. The van der Waals surface area contributed by atoms with Crippen molar-refractivity contribution in [3.63, 3.8) is 0 Å². The molecular weight excluding hydrogens is 1440 g/mol. The molecule has 2 aromatic carbocycles. The van der Waals surface area contributed by atoms with Crippen molar-refractivity contribution in [3.8, 4) is 11.1 Å². The van der Waals surface area contributed by atoms with E-state index in [1.807, 2.05) is 0 Å². The number of hydrogen-bond donors (Lipinski definition) is 22. The minimum Gasteiger partial charge on any atom is -0.370 e. The van der Waals surface area contributed by atoms with Crippen LogP contribution < -0.4 is 117 Å². The summed E-state index contributed by atoms with van der Waals surface area (Å²) in [5.74, 6) is -35.6. The van der Waals surface area contributed by atoms with Crippen LogP contribution in [-0.4, -0.2) is 200 Å². The van der Waals surface area contributed by atoms with Gasteiger partial charge >= 0.3 is 0 Å². The smallest absolute Gasteiger partial charge is 0.244 e. The third-order valence-electron chi connectivity index (χ3n) is 14.6. The summed E-state index contributed by atoms with van der Waals surface area (Å²) in [5.41, 5.74) is 62.8. The molecule has 104 heavy (non-hydrogen) atoms. The Bertz CT molecular complexity index is 3500. The molecule has 8 unspecified atom stereocenters. The van der Waals surface area contributed by atoms with Crippen LogP contribution in [0.3, 0.4) is 0 Å². The summed E-state index contributed by atoms with van der Waals surface area (Å²) in [7, 11) is 0. The Morgan fingerprint density at radius 1 is 0.433 bits per heavy atom. The number of ketones is 1. The molecule has 34 N–H and O–H groups in total. The largest absolute Gasteiger partial charge is 0.370 e. The van der Waals surface area contributed by atoms with Gasteiger partial charge in [0.25, 0.3) is 0 Å². The van der Waals surface area contributed by atoms with Gasteiger partial charge in [-0.1, -0.05) is 0 Å². The van der Waals surface area contributed by atoms with E-state index in [-0.39, 0.29) is 126 Å². The fourth-order valence-electron chi connectivity index (χ4n) is 9.48. The van der Waals surface area contributed by atoms with E-state index in [0.717, 1.165) is 0 Å². The Hall–Kier alpha value is -10.5. The van der Waals surface area contributed by atoms with Crippen LogP contribution in [0.4, 0.5) is 35.1 Å². The predicted molar refractivity (Wildman–Crippen MR) is 368 cm³/mol. The van der Waals surface area contributed by atoms with Crippen molar-refractivity contribution in [1.29, 1.82) is 0 Å². The molecule has 0 fully saturated rings. The molecule has 3 heterocycles. The minimum absolute atomic E-state index is 0.0432. The third kappa shape index (κ3) is 29.1. The van der Waals surface area contributed by atoms with E-state index in [1.165, 1.54) is 12.4 Å². The molecule has 8 atom stereocenters. The minimum atomic E-state index is -2.68. The topological polar surface area (TPSA) is 669 Å². The Morgan fingerprint density at radius 3 is 1.06 bits per heavy atom. The normalized spacial score (nSPS) is 17.4. The number of nitrogens with two attached hydrogens (primary N) is 12. The highest BCUT2D eigenvalue weighted by Gasteiger charge is 2.39. The maximum atomic E-state index is 16.5. The van der Waals surface area contributed by atoms with Gasteiger partial charge in [-0.05, 0) is 84.0 Å². The fraction of sp³-hybridized carbons (Fsp3) is 0.526. The van der Waals surface area contributed by atoms with Crippen molar-refractivity contribution < 1.29 is 83.5 Å². The summed E-state index contributed by atoms with van der Waals surface area (Å²) in [6, 6.07) is -14.9. The zero-order valence-electron chi connectivity index (χ0n) is 56.0. The lowest BCUT2D eigenvalue weighted by atomic mass is 10.0. The number of guanidine groups is 6. The summed E-state index contributed by atoms with van der Waals surface area (Å²) in [6.07, 6.45) is -3.02. The van der Waals surface area contributed by atoms with Gasteiger partial charge in [-0.3, -0.25) is 73.1 Å². The maximum Gasteiger partial charge on any atom is 0.244 e. The van der Waals surface area contributed by atoms with Crippen LogP contribution in [-0.2, 0) is 43.2 Å². The zero-order valence-corrected chi connectivity index (χ0v) is 57.7. The zero-order chi connectivity index (χ0) is 78.1. The molecule has 0 spiro atoms. The maximum absolute atomic E-state index is 16.5. The quantitative estimate of drug-likeness (QED) is 0.00776. The van der Waals surface area contributed by atoms with Crippen molar-refractivity contribution in [3.05, 3.63) is 46.5 Å². The molecule has 37 nitrogen and oxygen atoms in total. The summed E-state index contributed by atoms with van der Waals surface area (Å²) >= 11 is -0.544. The molecule has 4 bridgehead atoms. The first-order valence-electron chi connectivity index (χ1n) is 31.6. The highest BCUT2D eigenvalue weighted by Crippen LogP contribution is 2.42. The Morgan fingerprint density at radius 2 is 0.731 bits per heavy atom. The van der Waals surface area contributed by atoms with Crippen LogP contribution >= 0.6 is 23.5 Å². The van der Waals surface area contributed by atoms with Gasteiger partial charge in [0.15, 0.2) is 82.3 Å². The Balaban J connectivity index is 2.44. The molecule has 0 aromatic heterocycles. The number of carbonyl (C=O) groups excluding carboxylic acids is 9. The molecule has 3 aliphatic rings. The monoisotopic (exact) mass is 1530 g/mol. The number of amides is 8. The molecule has 0 radical (unpaired) electrons. The molecule has 3 aliphatic heterocycles. The Kier molecular flexibility index (Phi) is 37.3. The summed E-state index contributed by atoms with van der Waals surface area (Å²) < 4.78 is 130. The van der Waals surface area contributed by atoms with Crippen molar-refractivity contribution in [1.82, 2.24) is 48.0 Å². The van der Waals surface area contributed by atoms with Crippen LogP contribution in [0.1, 0.15) is 84.0 Å². The Labute approximate surface area is 597 Å². The molecular formula is C57H87F8N27O10S2. The average Bonchev–Trinajstić information content (AvgIpc) is 0.767. The number of thioether (sulfide) groups is 2. The van der Waals surface area contributed by atoms with E-state index in [2.05, 4.69) is 72.5 Å². The summed E-state index contributed by atoms with van der Waals surface area (Å²) in [4.78, 5) is 147. The first-order valence-corrected chi connectivity index (χ1v) is 33.6. The lowest BCUT2D eigenvalue weighted by Crippen LogP contribution is -2.60. The first-order chi connectivity index (χ1) is 49.0. The number of Topliss-reactive ketones (excluding diaryl/α,β-unsaturated/α-hetero) is 1. The molecule has 2 aromatic rings. The van der Waals surface area contributed by atoms with Crippen molar-refractivity contribution in [2.24, 2.45) is 98.8 Å². The van der Waals surface area contributed by atoms with E-state index < -0.39 is 236 Å². The van der Waals surface area contributed by atoms with Crippen LogP contribution in [0.2, 0.25) is 0 Å². The number of nitrogens with zero attached hydrogens (tertiary/aromatic N) is 6. The van der Waals surface area contributed by atoms with Crippen LogP contribution in [0.15, 0.2) is 39.7 Å². The second kappa shape index (κ2) is 44.2. The van der Waals surface area contributed by atoms with Gasteiger partial charge in [-0.2, -0.15) is 5.48 Å². The van der Waals surface area contributed by atoms with Gasteiger partial charge in [0.2, 0.25) is 47.3 Å². The van der Waals surface area contributed by atoms with Crippen LogP contribution in [0, 0.1) is 46.5 Å². The standard InChI is InChI=1S/C57H87F8N27O10S2/c1-23(93)20-84-44(94)24(8-2-14-78-52(66)67)85-45(95)25(9-3-15-79-53(68)69)86-47(97)27(11-5-17-81-55(72)73)89-50(100)30-21-103-42-38(62)34(58)32(35(59)39(42)63)33-36(60)40(64)43(41(65)37(33)61)104-22-31(92-102)51(101)90-28(12-6-18-82-56(74)75)48(98)87-26(10-4-16-80-54(70)71)46(96)88-29(49(99)91-30)13-7-19-83-57(76)77/h24-31,92,102H,2-22H2,1H3,(H,84,94)(H,85,95)(H,86,97)(H,87,98)(H,88,96)(H,89,100)(H,90,101)(H,91,99)(H4,66,67,78)(H4,68,69,79)(H4,70,71,80)(H4,72,73,81)(H4,74,75,82)(H4,76,77,83). The van der Waals surface area contributed by atoms with E-state index in [0.29, 0.717) is 0 Å². The molecule has 47 heteroatoms. The predicted octanol–water partition coefficient (Wildman–Crippen LogP) is -5.57. The molecule has 5 rings (SSSR count). The second-order valence-corrected chi connectivity index (χ2v) is 24.8. The highest BCUT2D eigenvalue weighted by atomic mass is 32.2. The third-order valence-corrected chi connectivity index (χ3v) is 16.9. The number of nitrogens with one attached hydrogen (secondary N) is 9. The lowest BCUT2D eigenvalue weighted by Gasteiger charge is -2.28. The molecule has 0 aliphatic carbocycles. The number of rotatable bonds is 34.